The number of nitrogens with zero attached hydrogens (tertiary/aromatic N) is 1. The van der Waals surface area contributed by atoms with Gasteiger partial charge in [0.15, 0.2) is 6.23 Å². The zero-order valence-electron chi connectivity index (χ0n) is 13.3. The Hall–Kier alpha value is -2.40. The average Bonchev–Trinajstić information content (AvgIpc) is 2.60. The molecule has 1 aliphatic heterocycles. The van der Waals surface area contributed by atoms with Gasteiger partial charge in [0.2, 0.25) is 0 Å². The SMILES string of the molecule is CCC1(CC)O[C@@H](c2cccc([N+](=O)[O-])c2)Nc2ccccc21. The number of ether oxygens (including phenoxy) is 1. The molecule has 0 fully saturated rings. The summed E-state index contributed by atoms with van der Waals surface area (Å²) in [5.41, 5.74) is 2.63. The zero-order valence-corrected chi connectivity index (χ0v) is 13.3. The van der Waals surface area contributed by atoms with Crippen LogP contribution in [-0.2, 0) is 10.3 Å². The molecule has 0 amide bonds. The van der Waals surface area contributed by atoms with Gasteiger partial charge >= 0.3 is 0 Å². The van der Waals surface area contributed by atoms with E-state index >= 15 is 0 Å². The van der Waals surface area contributed by atoms with Gasteiger partial charge in [0.25, 0.3) is 5.69 Å². The maximum Gasteiger partial charge on any atom is 0.269 e. The normalized spacial score (nSPS) is 18.8. The number of non-ortho nitro benzene ring substituents is 1. The van der Waals surface area contributed by atoms with E-state index in [0.29, 0.717) is 0 Å². The lowest BCUT2D eigenvalue weighted by Crippen LogP contribution is -2.37. The van der Waals surface area contributed by atoms with Gasteiger partial charge in [0, 0.05) is 28.9 Å². The van der Waals surface area contributed by atoms with E-state index in [1.807, 2.05) is 24.3 Å². The Balaban J connectivity index is 2.04. The predicted octanol–water partition coefficient (Wildman–Crippen LogP) is 4.75. The number of para-hydroxylation sites is 1. The van der Waals surface area contributed by atoms with Crippen LogP contribution in [0.3, 0.4) is 0 Å². The van der Waals surface area contributed by atoms with Gasteiger partial charge < -0.3 is 10.1 Å². The van der Waals surface area contributed by atoms with E-state index in [1.165, 1.54) is 6.07 Å². The molecule has 0 aromatic heterocycles. The second-order valence-electron chi connectivity index (χ2n) is 5.74. The largest absolute Gasteiger partial charge is 0.356 e. The van der Waals surface area contributed by atoms with E-state index in [1.54, 1.807) is 12.1 Å². The molecule has 120 valence electrons. The van der Waals surface area contributed by atoms with Crippen molar-refractivity contribution >= 4 is 11.4 Å². The van der Waals surface area contributed by atoms with Crippen molar-refractivity contribution in [1.82, 2.24) is 0 Å². The molecular weight excluding hydrogens is 292 g/mol. The molecule has 23 heavy (non-hydrogen) atoms. The van der Waals surface area contributed by atoms with Crippen molar-refractivity contribution in [3.63, 3.8) is 0 Å². The van der Waals surface area contributed by atoms with Crippen LogP contribution in [0.5, 0.6) is 0 Å². The highest BCUT2D eigenvalue weighted by atomic mass is 16.6. The Labute approximate surface area is 135 Å². The van der Waals surface area contributed by atoms with E-state index in [-0.39, 0.29) is 16.2 Å². The van der Waals surface area contributed by atoms with E-state index in [0.717, 1.165) is 29.7 Å². The fourth-order valence-corrected chi connectivity index (χ4v) is 3.22. The number of anilines is 1. The molecule has 0 spiro atoms. The lowest BCUT2D eigenvalue weighted by Gasteiger charge is -2.42. The number of benzene rings is 2. The van der Waals surface area contributed by atoms with E-state index < -0.39 is 6.23 Å². The molecule has 1 atom stereocenters. The first-order valence-corrected chi connectivity index (χ1v) is 7.88. The van der Waals surface area contributed by atoms with Gasteiger partial charge in [-0.15, -0.1) is 0 Å². The first-order valence-electron chi connectivity index (χ1n) is 7.88. The molecule has 5 nitrogen and oxygen atoms in total. The first kappa shape index (κ1) is 15.5. The molecule has 0 bridgehead atoms. The van der Waals surface area contributed by atoms with Crippen molar-refractivity contribution < 1.29 is 9.66 Å². The second kappa shape index (κ2) is 6.01. The third-order valence-electron chi connectivity index (χ3n) is 4.57. The maximum absolute atomic E-state index is 11.0. The zero-order chi connectivity index (χ0) is 16.4. The molecule has 2 aromatic rings. The average molecular weight is 312 g/mol. The minimum atomic E-state index is -0.398. The fraction of sp³-hybridized carbons (Fsp3) is 0.333. The van der Waals surface area contributed by atoms with Crippen molar-refractivity contribution in [1.29, 1.82) is 0 Å². The van der Waals surface area contributed by atoms with Crippen molar-refractivity contribution in [2.24, 2.45) is 0 Å². The van der Waals surface area contributed by atoms with Crippen molar-refractivity contribution in [2.75, 3.05) is 5.32 Å². The highest BCUT2D eigenvalue weighted by Gasteiger charge is 2.39. The van der Waals surface area contributed by atoms with Crippen LogP contribution in [0.2, 0.25) is 0 Å². The minimum Gasteiger partial charge on any atom is -0.356 e. The summed E-state index contributed by atoms with van der Waals surface area (Å²) < 4.78 is 6.39. The molecule has 0 saturated heterocycles. The number of nitrogens with one attached hydrogen (secondary N) is 1. The molecule has 0 unspecified atom stereocenters. The number of hydrogen-bond donors (Lipinski definition) is 1. The maximum atomic E-state index is 11.0. The number of rotatable bonds is 4. The highest BCUT2D eigenvalue weighted by Crippen LogP contribution is 2.46. The third kappa shape index (κ3) is 2.68. The molecule has 1 heterocycles. The van der Waals surface area contributed by atoms with Crippen LogP contribution in [0, 0.1) is 10.1 Å². The standard InChI is InChI=1S/C18H20N2O3/c1-3-18(4-2)15-10-5-6-11-16(15)19-17(23-18)13-8-7-9-14(12-13)20(21)22/h5-12,17,19H,3-4H2,1-2H3/t17-/m0/s1. The van der Waals surface area contributed by atoms with Crippen LogP contribution in [-0.4, -0.2) is 4.92 Å². The van der Waals surface area contributed by atoms with Gasteiger partial charge in [0.1, 0.15) is 0 Å². The summed E-state index contributed by atoms with van der Waals surface area (Å²) in [5.74, 6) is 0. The molecule has 1 N–H and O–H groups in total. The molecule has 5 heteroatoms. The number of nitro benzene ring substituents is 1. The van der Waals surface area contributed by atoms with E-state index in [9.17, 15) is 10.1 Å². The molecule has 0 aliphatic carbocycles. The number of fused-ring (bicyclic) bond motifs is 1. The summed E-state index contributed by atoms with van der Waals surface area (Å²) in [7, 11) is 0. The summed E-state index contributed by atoms with van der Waals surface area (Å²) in [6.07, 6.45) is 1.28. The Morgan fingerprint density at radius 3 is 2.61 bits per heavy atom. The summed E-state index contributed by atoms with van der Waals surface area (Å²) in [4.78, 5) is 10.6. The van der Waals surface area contributed by atoms with Crippen LogP contribution in [0.1, 0.15) is 44.0 Å². The lowest BCUT2D eigenvalue weighted by molar-refractivity contribution is -0.385. The summed E-state index contributed by atoms with van der Waals surface area (Å²) in [5, 5.41) is 14.4. The summed E-state index contributed by atoms with van der Waals surface area (Å²) >= 11 is 0. The highest BCUT2D eigenvalue weighted by molar-refractivity contribution is 5.57. The smallest absolute Gasteiger partial charge is 0.269 e. The van der Waals surface area contributed by atoms with Gasteiger partial charge in [-0.1, -0.05) is 44.2 Å². The van der Waals surface area contributed by atoms with Crippen molar-refractivity contribution in [3.05, 3.63) is 69.8 Å². The lowest BCUT2D eigenvalue weighted by atomic mass is 9.85. The molecule has 0 radical (unpaired) electrons. The van der Waals surface area contributed by atoms with Crippen LogP contribution >= 0.6 is 0 Å². The monoisotopic (exact) mass is 312 g/mol. The van der Waals surface area contributed by atoms with Crippen LogP contribution < -0.4 is 5.32 Å². The van der Waals surface area contributed by atoms with Crippen molar-refractivity contribution in [2.45, 2.75) is 38.5 Å². The molecule has 2 aromatic carbocycles. The van der Waals surface area contributed by atoms with Crippen molar-refractivity contribution in [3.8, 4) is 0 Å². The van der Waals surface area contributed by atoms with Gasteiger partial charge in [-0.2, -0.15) is 0 Å². The molecule has 0 saturated carbocycles. The summed E-state index contributed by atoms with van der Waals surface area (Å²) in [6, 6.07) is 14.7. The Morgan fingerprint density at radius 2 is 1.91 bits per heavy atom. The van der Waals surface area contributed by atoms with Crippen LogP contribution in [0.25, 0.3) is 0 Å². The van der Waals surface area contributed by atoms with Gasteiger partial charge in [-0.25, -0.2) is 0 Å². The third-order valence-corrected chi connectivity index (χ3v) is 4.57. The Bertz CT molecular complexity index is 726. The molecule has 3 rings (SSSR count). The Kier molecular flexibility index (Phi) is 4.05. The first-order chi connectivity index (χ1) is 11.1. The molecule has 1 aliphatic rings. The molecular formula is C18H20N2O3. The number of hydrogen-bond acceptors (Lipinski definition) is 4. The number of nitro groups is 1. The topological polar surface area (TPSA) is 64.4 Å². The van der Waals surface area contributed by atoms with Gasteiger partial charge in [-0.3, -0.25) is 10.1 Å². The summed E-state index contributed by atoms with van der Waals surface area (Å²) in [6.45, 7) is 4.21. The Morgan fingerprint density at radius 1 is 1.17 bits per heavy atom. The van der Waals surface area contributed by atoms with E-state index in [4.69, 9.17) is 4.74 Å². The predicted molar refractivity (Wildman–Crippen MR) is 89.2 cm³/mol. The van der Waals surface area contributed by atoms with Crippen LogP contribution in [0.4, 0.5) is 11.4 Å². The van der Waals surface area contributed by atoms with Crippen LogP contribution in [0.15, 0.2) is 48.5 Å². The van der Waals surface area contributed by atoms with E-state index in [2.05, 4.69) is 25.2 Å². The van der Waals surface area contributed by atoms with Gasteiger partial charge in [0.05, 0.1) is 10.5 Å². The fourth-order valence-electron chi connectivity index (χ4n) is 3.22. The van der Waals surface area contributed by atoms with Gasteiger partial charge in [-0.05, 0) is 18.9 Å². The second-order valence-corrected chi connectivity index (χ2v) is 5.74. The minimum absolute atomic E-state index is 0.0744. The quantitative estimate of drug-likeness (QED) is 0.653.